The summed E-state index contributed by atoms with van der Waals surface area (Å²) in [6.45, 7) is 0.600. The molecule has 0 heterocycles. The molecule has 6 rings (SSSR count). The van der Waals surface area contributed by atoms with Gasteiger partial charge >= 0.3 is 6.03 Å². The highest BCUT2D eigenvalue weighted by atomic mass is 16.2. The maximum Gasteiger partial charge on any atom is 0.322 e. The van der Waals surface area contributed by atoms with Crippen molar-refractivity contribution in [3.05, 3.63) is 66.2 Å². The van der Waals surface area contributed by atoms with Crippen molar-refractivity contribution in [3.63, 3.8) is 0 Å². The summed E-state index contributed by atoms with van der Waals surface area (Å²) in [6, 6.07) is 20.4. The van der Waals surface area contributed by atoms with Gasteiger partial charge in [0.25, 0.3) is 0 Å². The summed E-state index contributed by atoms with van der Waals surface area (Å²) in [4.78, 5) is 15.4. The SMILES string of the molecule is O=C(NC12CC3CC(CC(C3)C1)C2)N(Cc1ccccc1)c1ccccc1. The molecule has 27 heavy (non-hydrogen) atoms. The molecule has 0 saturated heterocycles. The smallest absolute Gasteiger partial charge is 0.322 e. The van der Waals surface area contributed by atoms with Gasteiger partial charge in [0.15, 0.2) is 0 Å². The molecule has 4 saturated carbocycles. The fourth-order valence-corrected chi connectivity index (χ4v) is 6.21. The molecule has 4 aliphatic carbocycles. The van der Waals surface area contributed by atoms with Crippen LogP contribution in [0, 0.1) is 17.8 Å². The summed E-state index contributed by atoms with van der Waals surface area (Å²) in [5.41, 5.74) is 2.15. The van der Waals surface area contributed by atoms with E-state index < -0.39 is 0 Å². The summed E-state index contributed by atoms with van der Waals surface area (Å²) >= 11 is 0. The van der Waals surface area contributed by atoms with Crippen molar-refractivity contribution in [1.29, 1.82) is 0 Å². The third-order valence-electron chi connectivity index (χ3n) is 6.91. The largest absolute Gasteiger partial charge is 0.332 e. The van der Waals surface area contributed by atoms with Crippen molar-refractivity contribution in [3.8, 4) is 0 Å². The number of nitrogens with one attached hydrogen (secondary N) is 1. The second-order valence-electron chi connectivity index (χ2n) is 9.04. The Bertz CT molecular complexity index is 766. The van der Waals surface area contributed by atoms with Gasteiger partial charge in [-0.2, -0.15) is 0 Å². The highest BCUT2D eigenvalue weighted by molar-refractivity contribution is 5.92. The van der Waals surface area contributed by atoms with Gasteiger partial charge in [0, 0.05) is 11.2 Å². The average Bonchev–Trinajstić information content (AvgIpc) is 2.66. The Morgan fingerprint density at radius 3 is 1.93 bits per heavy atom. The Kier molecular flexibility index (Phi) is 4.18. The number of anilines is 1. The van der Waals surface area contributed by atoms with Crippen LogP contribution >= 0.6 is 0 Å². The maximum absolute atomic E-state index is 13.4. The van der Waals surface area contributed by atoms with Crippen molar-refractivity contribution in [2.24, 2.45) is 17.8 Å². The van der Waals surface area contributed by atoms with Crippen molar-refractivity contribution >= 4 is 11.7 Å². The molecule has 2 aromatic rings. The Morgan fingerprint density at radius 2 is 1.37 bits per heavy atom. The van der Waals surface area contributed by atoms with E-state index in [1.807, 2.05) is 53.4 Å². The lowest BCUT2D eigenvalue weighted by atomic mass is 9.53. The van der Waals surface area contributed by atoms with Crippen molar-refractivity contribution < 1.29 is 4.79 Å². The number of rotatable bonds is 4. The minimum atomic E-state index is 0.0373. The van der Waals surface area contributed by atoms with Gasteiger partial charge in [-0.3, -0.25) is 4.90 Å². The number of para-hydroxylation sites is 1. The molecule has 3 heteroatoms. The van der Waals surface area contributed by atoms with E-state index in [0.717, 1.165) is 29.0 Å². The monoisotopic (exact) mass is 360 g/mol. The number of benzene rings is 2. The van der Waals surface area contributed by atoms with Crippen molar-refractivity contribution in [2.45, 2.75) is 50.6 Å². The van der Waals surface area contributed by atoms with E-state index in [-0.39, 0.29) is 11.6 Å². The van der Waals surface area contributed by atoms with Crippen LogP contribution in [0.3, 0.4) is 0 Å². The number of hydrogen-bond donors (Lipinski definition) is 1. The van der Waals surface area contributed by atoms with Crippen LogP contribution in [0.15, 0.2) is 60.7 Å². The molecule has 0 atom stereocenters. The lowest BCUT2D eigenvalue weighted by Crippen LogP contribution is -2.61. The number of urea groups is 1. The van der Waals surface area contributed by atoms with Crippen LogP contribution in [0.25, 0.3) is 0 Å². The van der Waals surface area contributed by atoms with E-state index in [0.29, 0.717) is 6.54 Å². The molecule has 0 radical (unpaired) electrons. The predicted molar refractivity (Wildman–Crippen MR) is 109 cm³/mol. The zero-order valence-corrected chi connectivity index (χ0v) is 15.8. The molecular weight excluding hydrogens is 332 g/mol. The van der Waals surface area contributed by atoms with Gasteiger partial charge < -0.3 is 5.32 Å². The molecule has 1 N–H and O–H groups in total. The fourth-order valence-electron chi connectivity index (χ4n) is 6.21. The number of nitrogens with zero attached hydrogens (tertiary/aromatic N) is 1. The standard InChI is InChI=1S/C24H28N2O/c27-23(25-24-14-19-11-20(15-24)13-21(12-19)16-24)26(22-9-5-2-6-10-22)17-18-7-3-1-4-8-18/h1-10,19-21H,11-17H2,(H,25,27). The minimum Gasteiger partial charge on any atom is -0.332 e. The van der Waals surface area contributed by atoms with Gasteiger partial charge in [-0.15, -0.1) is 0 Å². The molecule has 2 aromatic carbocycles. The second kappa shape index (κ2) is 6.70. The Morgan fingerprint density at radius 1 is 0.852 bits per heavy atom. The minimum absolute atomic E-state index is 0.0373. The van der Waals surface area contributed by atoms with Gasteiger partial charge in [-0.1, -0.05) is 48.5 Å². The Hall–Kier alpha value is -2.29. The van der Waals surface area contributed by atoms with Crippen molar-refractivity contribution in [1.82, 2.24) is 5.32 Å². The molecule has 140 valence electrons. The van der Waals surface area contributed by atoms with E-state index in [1.165, 1.54) is 38.5 Å². The van der Waals surface area contributed by atoms with E-state index in [4.69, 9.17) is 0 Å². The molecular formula is C24H28N2O. The molecule has 0 aliphatic heterocycles. The molecule has 4 bridgehead atoms. The zero-order valence-electron chi connectivity index (χ0n) is 15.8. The first-order valence-corrected chi connectivity index (χ1v) is 10.4. The summed E-state index contributed by atoms with van der Waals surface area (Å²) in [5, 5.41) is 3.53. The van der Waals surface area contributed by atoms with Crippen LogP contribution in [-0.4, -0.2) is 11.6 Å². The molecule has 4 aliphatic rings. The number of carbonyl (C=O) groups excluding carboxylic acids is 1. The quantitative estimate of drug-likeness (QED) is 0.781. The van der Waals surface area contributed by atoms with E-state index in [9.17, 15) is 4.79 Å². The lowest BCUT2D eigenvalue weighted by molar-refractivity contribution is -0.0131. The fraction of sp³-hybridized carbons (Fsp3) is 0.458. The lowest BCUT2D eigenvalue weighted by Gasteiger charge is -2.57. The highest BCUT2D eigenvalue weighted by Crippen LogP contribution is 2.55. The van der Waals surface area contributed by atoms with Crippen LogP contribution in [0.4, 0.5) is 10.5 Å². The Labute approximate surface area is 161 Å². The number of hydrogen-bond acceptors (Lipinski definition) is 1. The first-order chi connectivity index (χ1) is 13.2. The summed E-state index contributed by atoms with van der Waals surface area (Å²) in [5.74, 6) is 2.49. The number of amides is 2. The molecule has 3 nitrogen and oxygen atoms in total. The highest BCUT2D eigenvalue weighted by Gasteiger charge is 2.51. The average molecular weight is 361 g/mol. The van der Waals surface area contributed by atoms with Crippen LogP contribution in [0.5, 0.6) is 0 Å². The molecule has 0 spiro atoms. The zero-order chi connectivity index (χ0) is 18.3. The van der Waals surface area contributed by atoms with Gasteiger partial charge in [-0.25, -0.2) is 4.79 Å². The summed E-state index contributed by atoms with van der Waals surface area (Å²) in [7, 11) is 0. The second-order valence-corrected chi connectivity index (χ2v) is 9.04. The van der Waals surface area contributed by atoms with Crippen LogP contribution in [-0.2, 0) is 6.54 Å². The molecule has 4 fully saturated rings. The first kappa shape index (κ1) is 16.9. The maximum atomic E-state index is 13.4. The molecule has 0 aromatic heterocycles. The third kappa shape index (κ3) is 3.36. The topological polar surface area (TPSA) is 32.3 Å². The van der Waals surface area contributed by atoms with Gasteiger partial charge in [-0.05, 0) is 74.0 Å². The van der Waals surface area contributed by atoms with E-state index >= 15 is 0 Å². The van der Waals surface area contributed by atoms with Gasteiger partial charge in [0.05, 0.1) is 6.54 Å². The van der Waals surface area contributed by atoms with E-state index in [2.05, 4.69) is 17.4 Å². The van der Waals surface area contributed by atoms with E-state index in [1.54, 1.807) is 0 Å². The van der Waals surface area contributed by atoms with Crippen LogP contribution in [0.2, 0.25) is 0 Å². The third-order valence-corrected chi connectivity index (χ3v) is 6.91. The molecule has 2 amide bonds. The van der Waals surface area contributed by atoms with Crippen LogP contribution in [0.1, 0.15) is 44.1 Å². The first-order valence-electron chi connectivity index (χ1n) is 10.4. The van der Waals surface area contributed by atoms with Gasteiger partial charge in [0.2, 0.25) is 0 Å². The van der Waals surface area contributed by atoms with Crippen molar-refractivity contribution in [2.75, 3.05) is 4.90 Å². The normalized spacial score (nSPS) is 30.9. The molecule has 0 unspecified atom stereocenters. The van der Waals surface area contributed by atoms with Crippen LogP contribution < -0.4 is 10.2 Å². The summed E-state index contributed by atoms with van der Waals surface area (Å²) in [6.07, 6.45) is 7.71. The number of carbonyl (C=O) groups is 1. The van der Waals surface area contributed by atoms with Gasteiger partial charge in [0.1, 0.15) is 0 Å². The summed E-state index contributed by atoms with van der Waals surface area (Å²) < 4.78 is 0. The predicted octanol–water partition coefficient (Wildman–Crippen LogP) is 5.37. The Balaban J connectivity index is 1.39.